The molecule has 4 heteroatoms. The van der Waals surface area contributed by atoms with Crippen LogP contribution in [-0.4, -0.2) is 6.54 Å². The fraction of sp³-hybridized carbons (Fsp3) is 0.200. The summed E-state index contributed by atoms with van der Waals surface area (Å²) in [6, 6.07) is 10.7. The Balaban J connectivity index is 1.93. The molecule has 1 aliphatic heterocycles. The number of halogens is 2. The van der Waals surface area contributed by atoms with Crippen molar-refractivity contribution < 1.29 is 9.13 Å². The second-order valence-corrected chi connectivity index (χ2v) is 5.02. The smallest absolute Gasteiger partial charge is 0.146 e. The SMILES string of the molecule is Cc1cccc2c1OC(c1ccc(F)c(Cl)c1)CN2. The highest BCUT2D eigenvalue weighted by molar-refractivity contribution is 6.30. The minimum Gasteiger partial charge on any atom is -0.481 e. The van der Waals surface area contributed by atoms with Crippen molar-refractivity contribution in [1.82, 2.24) is 0 Å². The van der Waals surface area contributed by atoms with Gasteiger partial charge >= 0.3 is 0 Å². The third-order valence-corrected chi connectivity index (χ3v) is 3.56. The summed E-state index contributed by atoms with van der Waals surface area (Å²) in [4.78, 5) is 0. The Kier molecular flexibility index (Phi) is 3.07. The van der Waals surface area contributed by atoms with Gasteiger partial charge in [0.1, 0.15) is 17.7 Å². The third kappa shape index (κ3) is 2.26. The maximum Gasteiger partial charge on any atom is 0.146 e. The highest BCUT2D eigenvalue weighted by Gasteiger charge is 2.22. The maximum atomic E-state index is 13.2. The molecular weight excluding hydrogens is 265 g/mol. The summed E-state index contributed by atoms with van der Waals surface area (Å²) in [6.45, 7) is 2.64. The van der Waals surface area contributed by atoms with Gasteiger partial charge in [-0.2, -0.15) is 0 Å². The topological polar surface area (TPSA) is 21.3 Å². The number of hydrogen-bond donors (Lipinski definition) is 1. The van der Waals surface area contributed by atoms with E-state index in [1.54, 1.807) is 12.1 Å². The molecule has 0 spiro atoms. The molecule has 0 aromatic heterocycles. The number of benzene rings is 2. The zero-order chi connectivity index (χ0) is 13.4. The molecule has 1 unspecified atom stereocenters. The quantitative estimate of drug-likeness (QED) is 0.837. The molecule has 0 amide bonds. The highest BCUT2D eigenvalue weighted by Crippen LogP contribution is 2.37. The molecule has 0 aliphatic carbocycles. The summed E-state index contributed by atoms with van der Waals surface area (Å²) in [6.07, 6.45) is -0.160. The number of rotatable bonds is 1. The maximum absolute atomic E-state index is 13.2. The molecule has 2 nitrogen and oxygen atoms in total. The predicted octanol–water partition coefficient (Wildman–Crippen LogP) is 4.33. The molecule has 2 aromatic carbocycles. The summed E-state index contributed by atoms with van der Waals surface area (Å²) < 4.78 is 19.2. The van der Waals surface area contributed by atoms with E-state index in [1.165, 1.54) is 6.07 Å². The first-order valence-corrected chi connectivity index (χ1v) is 6.48. The Morgan fingerprint density at radius 2 is 2.16 bits per heavy atom. The predicted molar refractivity (Wildman–Crippen MR) is 74.4 cm³/mol. The molecule has 1 heterocycles. The summed E-state index contributed by atoms with van der Waals surface area (Å²) >= 11 is 5.81. The zero-order valence-electron chi connectivity index (χ0n) is 10.4. The van der Waals surface area contributed by atoms with E-state index in [1.807, 2.05) is 25.1 Å². The molecular formula is C15H13ClFNO. The number of ether oxygens (including phenoxy) is 1. The minimum absolute atomic E-state index is 0.122. The van der Waals surface area contributed by atoms with Crippen LogP contribution >= 0.6 is 11.6 Å². The lowest BCUT2D eigenvalue weighted by Gasteiger charge is -2.29. The van der Waals surface area contributed by atoms with Gasteiger partial charge in [0.15, 0.2) is 0 Å². The number of nitrogens with one attached hydrogen (secondary N) is 1. The molecule has 19 heavy (non-hydrogen) atoms. The second-order valence-electron chi connectivity index (χ2n) is 4.61. The van der Waals surface area contributed by atoms with Crippen LogP contribution in [0.4, 0.5) is 10.1 Å². The largest absolute Gasteiger partial charge is 0.481 e. The lowest BCUT2D eigenvalue weighted by Crippen LogP contribution is -2.24. The van der Waals surface area contributed by atoms with Crippen molar-refractivity contribution >= 4 is 17.3 Å². The van der Waals surface area contributed by atoms with Gasteiger partial charge in [-0.15, -0.1) is 0 Å². The van der Waals surface area contributed by atoms with Crippen molar-refractivity contribution in [2.24, 2.45) is 0 Å². The molecule has 0 radical (unpaired) electrons. The van der Waals surface area contributed by atoms with E-state index in [4.69, 9.17) is 16.3 Å². The van der Waals surface area contributed by atoms with Gasteiger partial charge in [-0.3, -0.25) is 0 Å². The molecule has 98 valence electrons. The van der Waals surface area contributed by atoms with Gasteiger partial charge in [-0.1, -0.05) is 29.8 Å². The lowest BCUT2D eigenvalue weighted by molar-refractivity contribution is 0.209. The normalized spacial score (nSPS) is 17.3. The molecule has 2 aromatic rings. The molecule has 0 saturated heterocycles. The van der Waals surface area contributed by atoms with E-state index >= 15 is 0 Å². The number of aryl methyl sites for hydroxylation is 1. The van der Waals surface area contributed by atoms with E-state index in [2.05, 4.69) is 5.32 Å². The second kappa shape index (κ2) is 4.74. The lowest BCUT2D eigenvalue weighted by atomic mass is 10.1. The number of anilines is 1. The third-order valence-electron chi connectivity index (χ3n) is 3.27. The highest BCUT2D eigenvalue weighted by atomic mass is 35.5. The van der Waals surface area contributed by atoms with Gasteiger partial charge in [0, 0.05) is 0 Å². The van der Waals surface area contributed by atoms with Crippen molar-refractivity contribution in [3.63, 3.8) is 0 Å². The Labute approximate surface area is 116 Å². The summed E-state index contributed by atoms with van der Waals surface area (Å²) in [5.74, 6) is 0.435. The Hall–Kier alpha value is -1.74. The van der Waals surface area contributed by atoms with Crippen molar-refractivity contribution in [2.45, 2.75) is 13.0 Å². The molecule has 3 rings (SSSR count). The van der Waals surface area contributed by atoms with Crippen LogP contribution in [0.2, 0.25) is 5.02 Å². The molecule has 0 bridgehead atoms. The van der Waals surface area contributed by atoms with Crippen LogP contribution < -0.4 is 10.1 Å². The average Bonchev–Trinajstić information content (AvgIpc) is 2.42. The minimum atomic E-state index is -0.411. The van der Waals surface area contributed by atoms with Crippen molar-refractivity contribution in [3.8, 4) is 5.75 Å². The fourth-order valence-electron chi connectivity index (χ4n) is 2.23. The summed E-state index contributed by atoms with van der Waals surface area (Å²) in [7, 11) is 0. The Bertz CT molecular complexity index is 630. The van der Waals surface area contributed by atoms with Crippen LogP contribution in [0, 0.1) is 12.7 Å². The van der Waals surface area contributed by atoms with Crippen molar-refractivity contribution in [1.29, 1.82) is 0 Å². The monoisotopic (exact) mass is 277 g/mol. The van der Waals surface area contributed by atoms with Gasteiger partial charge in [-0.05, 0) is 36.2 Å². The van der Waals surface area contributed by atoms with Crippen LogP contribution in [0.25, 0.3) is 0 Å². The first kappa shape index (κ1) is 12.3. The van der Waals surface area contributed by atoms with E-state index in [0.717, 1.165) is 22.6 Å². The Morgan fingerprint density at radius 1 is 1.32 bits per heavy atom. The van der Waals surface area contributed by atoms with Gasteiger partial charge in [0.25, 0.3) is 0 Å². The van der Waals surface area contributed by atoms with Crippen LogP contribution in [0.15, 0.2) is 36.4 Å². The molecule has 0 saturated carbocycles. The van der Waals surface area contributed by atoms with Crippen molar-refractivity contribution in [3.05, 3.63) is 58.4 Å². The zero-order valence-corrected chi connectivity index (χ0v) is 11.2. The number of fused-ring (bicyclic) bond motifs is 1. The molecule has 0 fully saturated rings. The molecule has 1 aliphatic rings. The Morgan fingerprint density at radius 3 is 2.95 bits per heavy atom. The number of hydrogen-bond acceptors (Lipinski definition) is 2. The van der Waals surface area contributed by atoms with Gasteiger partial charge in [0.2, 0.25) is 0 Å². The fourth-order valence-corrected chi connectivity index (χ4v) is 2.42. The van der Waals surface area contributed by atoms with E-state index in [0.29, 0.717) is 6.54 Å². The van der Waals surface area contributed by atoms with E-state index in [-0.39, 0.29) is 11.1 Å². The molecule has 1 N–H and O–H groups in total. The van der Waals surface area contributed by atoms with Gasteiger partial charge in [-0.25, -0.2) is 4.39 Å². The van der Waals surface area contributed by atoms with Crippen molar-refractivity contribution in [2.75, 3.05) is 11.9 Å². The first-order chi connectivity index (χ1) is 9.15. The summed E-state index contributed by atoms with van der Waals surface area (Å²) in [5.41, 5.74) is 2.93. The van der Waals surface area contributed by atoms with Crippen LogP contribution in [-0.2, 0) is 0 Å². The first-order valence-electron chi connectivity index (χ1n) is 6.10. The van der Waals surface area contributed by atoms with Crippen LogP contribution in [0.3, 0.4) is 0 Å². The average molecular weight is 278 g/mol. The van der Waals surface area contributed by atoms with Gasteiger partial charge < -0.3 is 10.1 Å². The summed E-state index contributed by atoms with van der Waals surface area (Å²) in [5, 5.41) is 3.45. The van der Waals surface area contributed by atoms with E-state index < -0.39 is 5.82 Å². The molecule has 1 atom stereocenters. The standard InChI is InChI=1S/C15H13ClFNO/c1-9-3-2-4-13-15(9)19-14(8-18-13)10-5-6-12(17)11(16)7-10/h2-7,14,18H,8H2,1H3. The van der Waals surface area contributed by atoms with Gasteiger partial charge in [0.05, 0.1) is 17.3 Å². The van der Waals surface area contributed by atoms with E-state index in [9.17, 15) is 4.39 Å². The number of para-hydroxylation sites is 1. The van der Waals surface area contributed by atoms with Crippen LogP contribution in [0.1, 0.15) is 17.2 Å². The van der Waals surface area contributed by atoms with Crippen LogP contribution in [0.5, 0.6) is 5.75 Å².